The molecule has 0 aliphatic carbocycles. The highest BCUT2D eigenvalue weighted by molar-refractivity contribution is 7.92. The third-order valence-electron chi connectivity index (χ3n) is 6.14. The van der Waals surface area contributed by atoms with Crippen LogP contribution < -0.4 is 19.1 Å². The second-order valence-electron chi connectivity index (χ2n) is 8.66. The van der Waals surface area contributed by atoms with Gasteiger partial charge in [-0.15, -0.1) is 0 Å². The van der Waals surface area contributed by atoms with Gasteiger partial charge in [-0.25, -0.2) is 8.42 Å². The maximum Gasteiger partial charge on any atom is 0.264 e. The predicted molar refractivity (Wildman–Crippen MR) is 146 cm³/mol. The first kappa shape index (κ1) is 28.5. The van der Waals surface area contributed by atoms with E-state index < -0.39 is 28.5 Å². The number of ether oxygens (including phenoxy) is 2. The molecule has 0 bridgehead atoms. The third kappa shape index (κ3) is 6.44. The molecule has 0 aromatic heterocycles. The van der Waals surface area contributed by atoms with Crippen molar-refractivity contribution < 1.29 is 27.5 Å². The highest BCUT2D eigenvalue weighted by atomic mass is 32.2. The quantitative estimate of drug-likeness (QED) is 0.401. The fourth-order valence-electron chi connectivity index (χ4n) is 3.95. The van der Waals surface area contributed by atoms with Crippen molar-refractivity contribution in [1.82, 2.24) is 10.2 Å². The molecule has 10 heteroatoms. The van der Waals surface area contributed by atoms with Crippen molar-refractivity contribution in [2.75, 3.05) is 32.1 Å². The Kier molecular flexibility index (Phi) is 9.35. The number of anilines is 1. The predicted octanol–water partition coefficient (Wildman–Crippen LogP) is 3.37. The largest absolute Gasteiger partial charge is 0.497 e. The van der Waals surface area contributed by atoms with Crippen LogP contribution in [0.1, 0.15) is 18.1 Å². The van der Waals surface area contributed by atoms with E-state index in [0.29, 0.717) is 11.5 Å². The minimum Gasteiger partial charge on any atom is -0.497 e. The average molecular weight is 540 g/mol. The van der Waals surface area contributed by atoms with Crippen molar-refractivity contribution >= 4 is 27.5 Å². The van der Waals surface area contributed by atoms with Crippen LogP contribution in [0.3, 0.4) is 0 Å². The number of hydrogen-bond donors (Lipinski definition) is 1. The summed E-state index contributed by atoms with van der Waals surface area (Å²) in [5, 5.41) is 2.57. The SMILES string of the molecule is CNC(=O)C(C)N(Cc1ccc(OC)cc1)C(=O)CN(c1cc(C)ccc1OC)S(=O)(=O)c1ccccc1. The van der Waals surface area contributed by atoms with Crippen molar-refractivity contribution in [2.45, 2.75) is 31.3 Å². The molecule has 0 aliphatic heterocycles. The normalized spacial score (nSPS) is 11.8. The summed E-state index contributed by atoms with van der Waals surface area (Å²) in [5.74, 6) is 0.0130. The Hall–Kier alpha value is -4.05. The first-order valence-corrected chi connectivity index (χ1v) is 13.4. The number of amides is 2. The number of benzene rings is 3. The maximum atomic E-state index is 13.9. The molecule has 9 nitrogen and oxygen atoms in total. The summed E-state index contributed by atoms with van der Waals surface area (Å²) < 4.78 is 39.4. The lowest BCUT2D eigenvalue weighted by Crippen LogP contribution is -2.50. The summed E-state index contributed by atoms with van der Waals surface area (Å²) in [6, 6.07) is 19.2. The summed E-state index contributed by atoms with van der Waals surface area (Å²) in [7, 11) is 0.301. The number of nitrogens with one attached hydrogen (secondary N) is 1. The number of methoxy groups -OCH3 is 2. The third-order valence-corrected chi connectivity index (χ3v) is 7.91. The Morgan fingerprint density at radius 2 is 1.61 bits per heavy atom. The van der Waals surface area contributed by atoms with Crippen LogP contribution in [0, 0.1) is 6.92 Å². The van der Waals surface area contributed by atoms with Crippen LogP contribution in [0.4, 0.5) is 5.69 Å². The van der Waals surface area contributed by atoms with Crippen LogP contribution >= 0.6 is 0 Å². The molecular formula is C28H33N3O6S. The smallest absolute Gasteiger partial charge is 0.264 e. The molecule has 0 fully saturated rings. The Morgan fingerprint density at radius 1 is 0.947 bits per heavy atom. The average Bonchev–Trinajstić information content (AvgIpc) is 2.94. The number of carbonyl (C=O) groups excluding carboxylic acids is 2. The van der Waals surface area contributed by atoms with Gasteiger partial charge in [0, 0.05) is 13.6 Å². The molecule has 3 aromatic carbocycles. The van der Waals surface area contributed by atoms with Crippen LogP contribution in [0.15, 0.2) is 77.7 Å². The highest BCUT2D eigenvalue weighted by Crippen LogP contribution is 2.33. The molecular weight excluding hydrogens is 506 g/mol. The monoisotopic (exact) mass is 539 g/mol. The van der Waals surface area contributed by atoms with Gasteiger partial charge in [0.15, 0.2) is 0 Å². The van der Waals surface area contributed by atoms with Crippen molar-refractivity contribution in [3.8, 4) is 11.5 Å². The zero-order chi connectivity index (χ0) is 27.9. The number of sulfonamides is 1. The lowest BCUT2D eigenvalue weighted by atomic mass is 10.1. The zero-order valence-corrected chi connectivity index (χ0v) is 23.0. The number of aryl methyl sites for hydroxylation is 1. The van der Waals surface area contributed by atoms with E-state index in [4.69, 9.17) is 9.47 Å². The second kappa shape index (κ2) is 12.5. The van der Waals surface area contributed by atoms with Gasteiger partial charge in [-0.1, -0.05) is 36.4 Å². The fourth-order valence-corrected chi connectivity index (χ4v) is 5.38. The van der Waals surface area contributed by atoms with E-state index in [9.17, 15) is 18.0 Å². The number of nitrogens with zero attached hydrogens (tertiary/aromatic N) is 2. The minimum absolute atomic E-state index is 0.0254. The minimum atomic E-state index is -4.18. The van der Waals surface area contributed by atoms with Crippen LogP contribution in [0.5, 0.6) is 11.5 Å². The van der Waals surface area contributed by atoms with Gasteiger partial charge in [-0.3, -0.25) is 13.9 Å². The summed E-state index contributed by atoms with van der Waals surface area (Å²) >= 11 is 0. The molecule has 0 heterocycles. The summed E-state index contributed by atoms with van der Waals surface area (Å²) in [6.07, 6.45) is 0. The van der Waals surface area contributed by atoms with Crippen LogP contribution in [0.25, 0.3) is 0 Å². The van der Waals surface area contributed by atoms with Gasteiger partial charge in [0.25, 0.3) is 10.0 Å². The molecule has 1 atom stereocenters. The van der Waals surface area contributed by atoms with Crippen molar-refractivity contribution in [2.24, 2.45) is 0 Å². The van der Waals surface area contributed by atoms with Gasteiger partial charge in [0.05, 0.1) is 24.8 Å². The maximum absolute atomic E-state index is 13.9. The summed E-state index contributed by atoms with van der Waals surface area (Å²) in [4.78, 5) is 27.8. The first-order chi connectivity index (χ1) is 18.1. The van der Waals surface area contributed by atoms with Gasteiger partial charge in [0.2, 0.25) is 11.8 Å². The van der Waals surface area contributed by atoms with Gasteiger partial charge in [-0.05, 0) is 61.4 Å². The molecule has 0 saturated heterocycles. The van der Waals surface area contributed by atoms with Crippen LogP contribution in [-0.4, -0.2) is 59.0 Å². The van der Waals surface area contributed by atoms with Gasteiger partial charge in [0.1, 0.15) is 24.1 Å². The van der Waals surface area contributed by atoms with Crippen molar-refractivity contribution in [3.05, 3.63) is 83.9 Å². The molecule has 0 saturated carbocycles. The summed E-state index contributed by atoms with van der Waals surface area (Å²) in [6.45, 7) is 2.96. The van der Waals surface area contributed by atoms with E-state index in [1.807, 2.05) is 6.92 Å². The molecule has 3 aromatic rings. The van der Waals surface area contributed by atoms with E-state index in [2.05, 4.69) is 5.32 Å². The summed E-state index contributed by atoms with van der Waals surface area (Å²) in [5.41, 5.74) is 1.76. The number of carbonyl (C=O) groups is 2. The highest BCUT2D eigenvalue weighted by Gasteiger charge is 2.33. The molecule has 1 unspecified atom stereocenters. The van der Waals surface area contributed by atoms with Gasteiger partial charge >= 0.3 is 0 Å². The number of hydrogen-bond acceptors (Lipinski definition) is 6. The molecule has 1 N–H and O–H groups in total. The van der Waals surface area contributed by atoms with Crippen LogP contribution in [0.2, 0.25) is 0 Å². The lowest BCUT2D eigenvalue weighted by molar-refractivity contribution is -0.139. The van der Waals surface area contributed by atoms with Crippen molar-refractivity contribution in [3.63, 3.8) is 0 Å². The number of rotatable bonds is 11. The van der Waals surface area contributed by atoms with E-state index in [0.717, 1.165) is 15.4 Å². The molecule has 0 aliphatic rings. The Morgan fingerprint density at radius 3 is 2.18 bits per heavy atom. The number of likely N-dealkylation sites (N-methyl/N-ethyl adjacent to an activating group) is 1. The van der Waals surface area contributed by atoms with E-state index in [1.165, 1.54) is 31.2 Å². The Labute approximate surface area is 224 Å². The first-order valence-electron chi connectivity index (χ1n) is 12.0. The van der Waals surface area contributed by atoms with Gasteiger partial charge in [-0.2, -0.15) is 0 Å². The fraction of sp³-hybridized carbons (Fsp3) is 0.286. The Balaban J connectivity index is 2.07. The van der Waals surface area contributed by atoms with E-state index in [-0.39, 0.29) is 23.0 Å². The lowest BCUT2D eigenvalue weighted by Gasteiger charge is -2.32. The molecule has 38 heavy (non-hydrogen) atoms. The molecule has 0 radical (unpaired) electrons. The molecule has 0 spiro atoms. The van der Waals surface area contributed by atoms with Gasteiger partial charge < -0.3 is 19.7 Å². The molecule has 3 rings (SSSR count). The van der Waals surface area contributed by atoms with Crippen molar-refractivity contribution in [1.29, 1.82) is 0 Å². The molecule has 202 valence electrons. The molecule has 2 amide bonds. The Bertz CT molecular complexity index is 1360. The zero-order valence-electron chi connectivity index (χ0n) is 22.2. The standard InChI is InChI=1S/C28H33N3O6S/c1-20-11-16-26(37-5)25(17-20)31(38(34,35)24-9-7-6-8-10-24)19-27(32)30(21(2)28(33)29-3)18-22-12-14-23(36-4)15-13-22/h6-17,21H,18-19H2,1-5H3,(H,29,33). The second-order valence-corrected chi connectivity index (χ2v) is 10.5. The van der Waals surface area contributed by atoms with E-state index in [1.54, 1.807) is 74.7 Å². The van der Waals surface area contributed by atoms with E-state index >= 15 is 0 Å². The topological polar surface area (TPSA) is 105 Å². The van der Waals surface area contributed by atoms with Crippen LogP contribution in [-0.2, 0) is 26.2 Å².